The van der Waals surface area contributed by atoms with E-state index < -0.39 is 97.5 Å². The summed E-state index contributed by atoms with van der Waals surface area (Å²) in [5.41, 5.74) is 0. The Morgan fingerprint density at radius 3 is 0.723 bits per heavy atom. The Balaban J connectivity index is 5.25. The number of hydrogen-bond donors (Lipinski definition) is 3. The first-order valence-corrected chi connectivity index (χ1v) is 42.0. The van der Waals surface area contributed by atoms with E-state index in [0.717, 1.165) is 102 Å². The lowest BCUT2D eigenvalue weighted by molar-refractivity contribution is -0.161. The number of phosphoric acid groups is 2. The monoisotopic (exact) mass is 1380 g/mol. The molecule has 0 bridgehead atoms. The molecule has 19 heteroatoms. The maximum absolute atomic E-state index is 13.1. The standard InChI is InChI=1S/C75H146O17P2/c1-7-9-11-13-15-17-19-21-22-23-24-25-27-35-41-47-53-59-74(79)91-70(63-86-73(78)58-52-46-40-34-29-28-31-37-43-49-55-67(3)4)65-89-93(81,82)87-61-69(76)62-88-94(83,84)90-66-71(92-75(80)60-54-48-42-36-30-32-38-44-50-56-68(5)6)64-85-72(77)57-51-45-39-33-26-20-18-16-14-12-10-8-2/h67-71,76H,7-66H2,1-6H3,(H,81,82)(H,83,84)/t69-,70-,71-/m1/s1. The molecule has 94 heavy (non-hydrogen) atoms. The van der Waals surface area contributed by atoms with Gasteiger partial charge in [-0.05, 0) is 37.5 Å². The molecule has 0 aliphatic heterocycles. The highest BCUT2D eigenvalue weighted by molar-refractivity contribution is 7.47. The van der Waals surface area contributed by atoms with E-state index >= 15 is 0 Å². The minimum atomic E-state index is -4.96. The minimum absolute atomic E-state index is 0.106. The van der Waals surface area contributed by atoms with Crippen LogP contribution in [0.25, 0.3) is 0 Å². The van der Waals surface area contributed by atoms with Crippen molar-refractivity contribution in [3.8, 4) is 0 Å². The molecular weight excluding hydrogens is 1230 g/mol. The van der Waals surface area contributed by atoms with E-state index in [2.05, 4.69) is 41.5 Å². The first-order valence-electron chi connectivity index (χ1n) is 39.0. The Hall–Kier alpha value is -1.94. The summed E-state index contributed by atoms with van der Waals surface area (Å²) in [5, 5.41) is 10.6. The molecule has 2 unspecified atom stereocenters. The van der Waals surface area contributed by atoms with Gasteiger partial charge in [-0.2, -0.15) is 0 Å². The summed E-state index contributed by atoms with van der Waals surface area (Å²) < 4.78 is 68.5. The number of aliphatic hydroxyl groups is 1. The highest BCUT2D eigenvalue weighted by Crippen LogP contribution is 2.45. The molecule has 0 amide bonds. The largest absolute Gasteiger partial charge is 0.472 e. The number of hydrogen-bond acceptors (Lipinski definition) is 15. The van der Waals surface area contributed by atoms with E-state index in [1.807, 2.05) is 0 Å². The Kier molecular flexibility index (Phi) is 65.5. The van der Waals surface area contributed by atoms with Crippen LogP contribution < -0.4 is 0 Å². The van der Waals surface area contributed by atoms with Gasteiger partial charge in [0.2, 0.25) is 0 Å². The Morgan fingerprint density at radius 1 is 0.287 bits per heavy atom. The maximum atomic E-state index is 13.1. The van der Waals surface area contributed by atoms with Crippen molar-refractivity contribution in [3.05, 3.63) is 0 Å². The smallest absolute Gasteiger partial charge is 0.462 e. The number of carbonyl (C=O) groups is 4. The number of esters is 4. The summed E-state index contributed by atoms with van der Waals surface area (Å²) in [5.74, 6) is -0.621. The second-order valence-corrected chi connectivity index (χ2v) is 30.9. The zero-order valence-corrected chi connectivity index (χ0v) is 63.1. The number of unbranched alkanes of at least 4 members (excludes halogenated alkanes) is 44. The van der Waals surface area contributed by atoms with Crippen LogP contribution in [0.3, 0.4) is 0 Å². The van der Waals surface area contributed by atoms with Gasteiger partial charge in [-0.15, -0.1) is 0 Å². The van der Waals surface area contributed by atoms with Crippen molar-refractivity contribution in [2.75, 3.05) is 39.6 Å². The first kappa shape index (κ1) is 92.1. The van der Waals surface area contributed by atoms with Gasteiger partial charge >= 0.3 is 39.5 Å². The van der Waals surface area contributed by atoms with Gasteiger partial charge < -0.3 is 33.8 Å². The fourth-order valence-electron chi connectivity index (χ4n) is 11.5. The fourth-order valence-corrected chi connectivity index (χ4v) is 13.1. The van der Waals surface area contributed by atoms with Crippen LogP contribution in [0.2, 0.25) is 0 Å². The van der Waals surface area contributed by atoms with Gasteiger partial charge in [0, 0.05) is 25.7 Å². The highest BCUT2D eigenvalue weighted by atomic mass is 31.2. The van der Waals surface area contributed by atoms with Gasteiger partial charge in [-0.25, -0.2) is 9.13 Å². The average Bonchev–Trinajstić information content (AvgIpc) is 1.23. The maximum Gasteiger partial charge on any atom is 0.472 e. The third kappa shape index (κ3) is 68.6. The minimum Gasteiger partial charge on any atom is -0.462 e. The molecule has 0 radical (unpaired) electrons. The Morgan fingerprint density at radius 2 is 0.489 bits per heavy atom. The topological polar surface area (TPSA) is 237 Å². The number of aliphatic hydroxyl groups excluding tert-OH is 1. The number of carbonyl (C=O) groups excluding carboxylic acids is 4. The Bertz CT molecular complexity index is 1820. The van der Waals surface area contributed by atoms with Crippen molar-refractivity contribution in [3.63, 3.8) is 0 Å². The van der Waals surface area contributed by atoms with E-state index in [9.17, 15) is 43.2 Å². The van der Waals surface area contributed by atoms with Gasteiger partial charge in [0.05, 0.1) is 26.4 Å². The zero-order valence-electron chi connectivity index (χ0n) is 61.3. The molecule has 5 atom stereocenters. The van der Waals surface area contributed by atoms with Crippen LogP contribution in [0.4, 0.5) is 0 Å². The third-order valence-electron chi connectivity index (χ3n) is 17.5. The van der Waals surface area contributed by atoms with Gasteiger partial charge in [0.1, 0.15) is 19.3 Å². The fraction of sp³-hybridized carbons (Fsp3) is 0.947. The summed E-state index contributed by atoms with van der Waals surface area (Å²) in [4.78, 5) is 72.8. The second-order valence-electron chi connectivity index (χ2n) is 28.0. The molecule has 0 spiro atoms. The molecular formula is C75H146O17P2. The predicted octanol–water partition coefficient (Wildman–Crippen LogP) is 21.9. The molecule has 0 saturated carbocycles. The quantitative estimate of drug-likeness (QED) is 0.0222. The molecule has 0 aromatic rings. The predicted molar refractivity (Wildman–Crippen MR) is 381 cm³/mol. The van der Waals surface area contributed by atoms with Crippen LogP contribution in [-0.2, 0) is 65.4 Å². The van der Waals surface area contributed by atoms with E-state index in [4.69, 9.17) is 37.0 Å². The summed E-state index contributed by atoms with van der Waals surface area (Å²) in [6.07, 6.45) is 54.0. The molecule has 0 saturated heterocycles. The molecule has 0 aromatic carbocycles. The van der Waals surface area contributed by atoms with Crippen molar-refractivity contribution in [1.82, 2.24) is 0 Å². The van der Waals surface area contributed by atoms with Gasteiger partial charge in [0.25, 0.3) is 0 Å². The lowest BCUT2D eigenvalue weighted by Gasteiger charge is -2.21. The van der Waals surface area contributed by atoms with Crippen LogP contribution in [0.1, 0.15) is 388 Å². The molecule has 0 aliphatic rings. The zero-order chi connectivity index (χ0) is 69.3. The van der Waals surface area contributed by atoms with Crippen LogP contribution in [-0.4, -0.2) is 96.7 Å². The van der Waals surface area contributed by atoms with E-state index in [1.54, 1.807) is 0 Å². The molecule has 0 heterocycles. The number of phosphoric ester groups is 2. The number of ether oxygens (including phenoxy) is 4. The normalized spacial score (nSPS) is 14.0. The van der Waals surface area contributed by atoms with Crippen molar-refractivity contribution in [2.45, 2.75) is 407 Å². The molecule has 0 rings (SSSR count). The first-order chi connectivity index (χ1) is 45.4. The summed E-state index contributed by atoms with van der Waals surface area (Å²) in [6.45, 7) is 9.56. The highest BCUT2D eigenvalue weighted by Gasteiger charge is 2.30. The lowest BCUT2D eigenvalue weighted by Crippen LogP contribution is -2.30. The molecule has 3 N–H and O–H groups in total. The van der Waals surface area contributed by atoms with Crippen molar-refractivity contribution >= 4 is 39.5 Å². The number of rotatable bonds is 74. The van der Waals surface area contributed by atoms with Crippen molar-refractivity contribution in [1.29, 1.82) is 0 Å². The molecule has 0 aromatic heterocycles. The average molecular weight is 1380 g/mol. The van der Waals surface area contributed by atoms with E-state index in [-0.39, 0.29) is 25.7 Å². The van der Waals surface area contributed by atoms with Crippen LogP contribution in [0, 0.1) is 11.8 Å². The third-order valence-corrected chi connectivity index (χ3v) is 19.4. The van der Waals surface area contributed by atoms with Gasteiger partial charge in [-0.3, -0.25) is 37.3 Å². The second kappa shape index (κ2) is 66.9. The lowest BCUT2D eigenvalue weighted by atomic mass is 10.0. The van der Waals surface area contributed by atoms with Gasteiger partial charge in [0.15, 0.2) is 12.2 Å². The van der Waals surface area contributed by atoms with Crippen LogP contribution in [0.15, 0.2) is 0 Å². The molecule has 17 nitrogen and oxygen atoms in total. The van der Waals surface area contributed by atoms with Gasteiger partial charge in [-0.1, -0.05) is 337 Å². The van der Waals surface area contributed by atoms with Crippen molar-refractivity contribution < 1.29 is 80.2 Å². The van der Waals surface area contributed by atoms with Crippen LogP contribution in [0.5, 0.6) is 0 Å². The molecule has 0 aliphatic carbocycles. The molecule has 0 fully saturated rings. The van der Waals surface area contributed by atoms with E-state index in [0.29, 0.717) is 25.7 Å². The summed E-state index contributed by atoms with van der Waals surface area (Å²) in [7, 11) is -9.91. The Labute approximate surface area is 575 Å². The van der Waals surface area contributed by atoms with E-state index in [1.165, 1.54) is 205 Å². The molecule has 558 valence electrons. The van der Waals surface area contributed by atoms with Crippen LogP contribution >= 0.6 is 15.6 Å². The SMILES string of the molecule is CCCCCCCCCCCCCCCCCCCC(=O)O[C@H](COC(=O)CCCCCCCCCCCCC(C)C)COP(=O)(O)OC[C@@H](O)COP(=O)(O)OC[C@@H](COC(=O)CCCCCCCCCCCCCC)OC(=O)CCCCCCCCCCCC(C)C. The van der Waals surface area contributed by atoms with Crippen molar-refractivity contribution in [2.24, 2.45) is 11.8 Å². The summed E-state index contributed by atoms with van der Waals surface area (Å²) >= 11 is 0. The summed E-state index contributed by atoms with van der Waals surface area (Å²) in [6, 6.07) is 0.